The molecule has 3 heteroatoms. The van der Waals surface area contributed by atoms with Crippen LogP contribution in [0.25, 0.3) is 0 Å². The van der Waals surface area contributed by atoms with Crippen LogP contribution in [0, 0.1) is 11.8 Å². The second kappa shape index (κ2) is 6.36. The largest absolute Gasteiger partial charge is 0.377 e. The van der Waals surface area contributed by atoms with Crippen LogP contribution in [0.3, 0.4) is 0 Å². The fourth-order valence-electron chi connectivity index (χ4n) is 3.22. The monoisotopic (exact) mass is 254 g/mol. The summed E-state index contributed by atoms with van der Waals surface area (Å²) < 4.78 is 5.82. The molecule has 0 aromatic heterocycles. The predicted molar refractivity (Wildman–Crippen MR) is 75.8 cm³/mol. The average Bonchev–Trinajstić information content (AvgIpc) is 2.81. The number of nitrogens with one attached hydrogen (secondary N) is 1. The molecule has 3 nitrogen and oxygen atoms in total. The summed E-state index contributed by atoms with van der Waals surface area (Å²) in [5.74, 6) is 1.43. The van der Waals surface area contributed by atoms with Crippen molar-refractivity contribution in [2.45, 2.75) is 58.7 Å². The van der Waals surface area contributed by atoms with Gasteiger partial charge in [0.25, 0.3) is 0 Å². The van der Waals surface area contributed by atoms with Crippen LogP contribution >= 0.6 is 0 Å². The van der Waals surface area contributed by atoms with Gasteiger partial charge in [0, 0.05) is 38.3 Å². The molecule has 2 fully saturated rings. The molecular weight excluding hydrogens is 224 g/mol. The maximum atomic E-state index is 5.82. The first-order valence-corrected chi connectivity index (χ1v) is 7.67. The van der Waals surface area contributed by atoms with Gasteiger partial charge in [-0.25, -0.2) is 0 Å². The fraction of sp³-hybridized carbons (Fsp3) is 1.00. The molecule has 3 atom stereocenters. The van der Waals surface area contributed by atoms with Crippen molar-refractivity contribution in [1.82, 2.24) is 10.2 Å². The van der Waals surface area contributed by atoms with Gasteiger partial charge in [-0.1, -0.05) is 27.7 Å². The standard InChI is InChI=1S/C15H30N2O/c1-11(2)14-10-17(9-13-6-5-7-18-13)15(8-16-14)12(3)4/h11-16H,5-10H2,1-4H3. The fourth-order valence-corrected chi connectivity index (χ4v) is 3.22. The van der Waals surface area contributed by atoms with E-state index in [0.717, 1.165) is 19.7 Å². The van der Waals surface area contributed by atoms with Crippen LogP contribution in [0.2, 0.25) is 0 Å². The van der Waals surface area contributed by atoms with Gasteiger partial charge in [-0.05, 0) is 24.7 Å². The summed E-state index contributed by atoms with van der Waals surface area (Å²) in [6, 6.07) is 1.31. The van der Waals surface area contributed by atoms with Gasteiger partial charge in [-0.2, -0.15) is 0 Å². The van der Waals surface area contributed by atoms with E-state index < -0.39 is 0 Å². The Hall–Kier alpha value is -0.120. The lowest BCUT2D eigenvalue weighted by atomic mass is 9.94. The summed E-state index contributed by atoms with van der Waals surface area (Å²) in [5.41, 5.74) is 0. The Morgan fingerprint density at radius 2 is 2.00 bits per heavy atom. The molecule has 0 saturated carbocycles. The predicted octanol–water partition coefficient (Wildman–Crippen LogP) is 2.12. The lowest BCUT2D eigenvalue weighted by Gasteiger charge is -2.44. The van der Waals surface area contributed by atoms with Crippen LogP contribution in [0.5, 0.6) is 0 Å². The highest BCUT2D eigenvalue weighted by molar-refractivity contribution is 4.90. The van der Waals surface area contributed by atoms with Crippen molar-refractivity contribution in [3.8, 4) is 0 Å². The Kier molecular flexibility index (Phi) is 5.05. The van der Waals surface area contributed by atoms with Crippen LogP contribution in [-0.2, 0) is 4.74 Å². The van der Waals surface area contributed by atoms with Crippen molar-refractivity contribution < 1.29 is 4.74 Å². The van der Waals surface area contributed by atoms with Crippen LogP contribution in [-0.4, -0.2) is 49.3 Å². The Bertz CT molecular complexity index is 247. The molecule has 1 N–H and O–H groups in total. The minimum absolute atomic E-state index is 0.483. The van der Waals surface area contributed by atoms with E-state index in [2.05, 4.69) is 37.9 Å². The van der Waals surface area contributed by atoms with E-state index in [4.69, 9.17) is 4.74 Å². The summed E-state index contributed by atoms with van der Waals surface area (Å²) in [6.07, 6.45) is 2.98. The van der Waals surface area contributed by atoms with Gasteiger partial charge in [0.2, 0.25) is 0 Å². The summed E-state index contributed by atoms with van der Waals surface area (Å²) in [4.78, 5) is 2.68. The van der Waals surface area contributed by atoms with Gasteiger partial charge >= 0.3 is 0 Å². The highest BCUT2D eigenvalue weighted by Crippen LogP contribution is 2.21. The summed E-state index contributed by atoms with van der Waals surface area (Å²) in [6.45, 7) is 13.7. The number of ether oxygens (including phenoxy) is 1. The lowest BCUT2D eigenvalue weighted by molar-refractivity contribution is 0.0218. The molecule has 0 bridgehead atoms. The van der Waals surface area contributed by atoms with Gasteiger partial charge in [0.05, 0.1) is 6.10 Å². The smallest absolute Gasteiger partial charge is 0.0702 e. The Morgan fingerprint density at radius 1 is 1.22 bits per heavy atom. The Morgan fingerprint density at radius 3 is 2.56 bits per heavy atom. The third kappa shape index (κ3) is 3.46. The molecule has 2 heterocycles. The van der Waals surface area contributed by atoms with Crippen molar-refractivity contribution in [1.29, 1.82) is 0 Å². The average molecular weight is 254 g/mol. The molecule has 3 unspecified atom stereocenters. The van der Waals surface area contributed by atoms with Crippen molar-refractivity contribution in [2.75, 3.05) is 26.2 Å². The summed E-state index contributed by atoms with van der Waals surface area (Å²) >= 11 is 0. The van der Waals surface area contributed by atoms with Crippen LogP contribution < -0.4 is 5.32 Å². The Labute approximate surface area is 112 Å². The minimum Gasteiger partial charge on any atom is -0.377 e. The number of hydrogen-bond acceptors (Lipinski definition) is 3. The van der Waals surface area contributed by atoms with Gasteiger partial charge in [0.1, 0.15) is 0 Å². The molecule has 0 aliphatic carbocycles. The highest BCUT2D eigenvalue weighted by atomic mass is 16.5. The second-order valence-electron chi connectivity index (χ2n) is 6.66. The van der Waals surface area contributed by atoms with Crippen molar-refractivity contribution in [3.63, 3.8) is 0 Å². The zero-order chi connectivity index (χ0) is 13.1. The first-order valence-electron chi connectivity index (χ1n) is 7.67. The molecule has 0 radical (unpaired) electrons. The van der Waals surface area contributed by atoms with Crippen molar-refractivity contribution in [2.24, 2.45) is 11.8 Å². The highest BCUT2D eigenvalue weighted by Gasteiger charge is 2.33. The first kappa shape index (κ1) is 14.3. The third-order valence-electron chi connectivity index (χ3n) is 4.53. The number of piperazine rings is 1. The van der Waals surface area contributed by atoms with Crippen molar-refractivity contribution >= 4 is 0 Å². The summed E-state index contributed by atoms with van der Waals surface area (Å²) in [5, 5.41) is 3.72. The Balaban J connectivity index is 1.95. The molecule has 106 valence electrons. The molecular formula is C15H30N2O. The molecule has 0 aromatic carbocycles. The van der Waals surface area contributed by atoms with E-state index >= 15 is 0 Å². The molecule has 2 aliphatic rings. The molecule has 0 spiro atoms. The topological polar surface area (TPSA) is 24.5 Å². The van der Waals surface area contributed by atoms with Crippen molar-refractivity contribution in [3.05, 3.63) is 0 Å². The van der Waals surface area contributed by atoms with E-state index in [1.54, 1.807) is 0 Å². The van der Waals surface area contributed by atoms with E-state index in [1.807, 2.05) is 0 Å². The molecule has 2 aliphatic heterocycles. The molecule has 18 heavy (non-hydrogen) atoms. The third-order valence-corrected chi connectivity index (χ3v) is 4.53. The quantitative estimate of drug-likeness (QED) is 0.832. The number of rotatable bonds is 4. The number of hydrogen-bond donors (Lipinski definition) is 1. The SMILES string of the molecule is CC(C)C1CN(CC2CCCO2)C(C(C)C)CN1. The normalized spacial score (nSPS) is 34.7. The zero-order valence-electron chi connectivity index (χ0n) is 12.5. The van der Waals surface area contributed by atoms with Crippen LogP contribution in [0.1, 0.15) is 40.5 Å². The second-order valence-corrected chi connectivity index (χ2v) is 6.66. The van der Waals surface area contributed by atoms with E-state index in [0.29, 0.717) is 30.0 Å². The van der Waals surface area contributed by atoms with Gasteiger partial charge < -0.3 is 10.1 Å². The van der Waals surface area contributed by atoms with Gasteiger partial charge in [-0.15, -0.1) is 0 Å². The maximum absolute atomic E-state index is 5.82. The lowest BCUT2D eigenvalue weighted by Crippen LogP contribution is -2.60. The van der Waals surface area contributed by atoms with E-state index in [-0.39, 0.29) is 0 Å². The molecule has 2 rings (SSSR count). The first-order chi connectivity index (χ1) is 8.58. The van der Waals surface area contributed by atoms with Gasteiger partial charge in [-0.3, -0.25) is 4.90 Å². The van der Waals surface area contributed by atoms with Crippen LogP contribution in [0.4, 0.5) is 0 Å². The molecule has 0 aromatic rings. The molecule has 2 saturated heterocycles. The maximum Gasteiger partial charge on any atom is 0.0702 e. The molecule has 0 amide bonds. The number of nitrogens with zero attached hydrogens (tertiary/aromatic N) is 1. The van der Waals surface area contributed by atoms with E-state index in [9.17, 15) is 0 Å². The zero-order valence-corrected chi connectivity index (χ0v) is 12.5. The van der Waals surface area contributed by atoms with Gasteiger partial charge in [0.15, 0.2) is 0 Å². The minimum atomic E-state index is 0.483. The van der Waals surface area contributed by atoms with Crippen LogP contribution in [0.15, 0.2) is 0 Å². The summed E-state index contributed by atoms with van der Waals surface area (Å²) in [7, 11) is 0. The van der Waals surface area contributed by atoms with E-state index in [1.165, 1.54) is 19.4 Å².